The fourth-order valence-corrected chi connectivity index (χ4v) is 2.65. The molecule has 1 aromatic heterocycles. The van der Waals surface area contributed by atoms with Crippen molar-refractivity contribution in [1.29, 1.82) is 0 Å². The molecule has 94 valence electrons. The minimum atomic E-state index is -3.47. The van der Waals surface area contributed by atoms with Gasteiger partial charge in [-0.25, -0.2) is 13.4 Å². The molecule has 0 atom stereocenters. The van der Waals surface area contributed by atoms with Crippen LogP contribution in [-0.4, -0.2) is 13.4 Å². The highest BCUT2D eigenvalue weighted by atomic mass is 32.2. The maximum Gasteiger partial charge on any atom is 0.238 e. The number of nitrogen functional groups attached to an aromatic ring is 1. The molecule has 0 unspecified atom stereocenters. The predicted molar refractivity (Wildman–Crippen MR) is 71.3 cm³/mol. The molecule has 0 aliphatic carbocycles. The summed E-state index contributed by atoms with van der Waals surface area (Å²) in [7, 11) is -3.47. The van der Waals surface area contributed by atoms with Gasteiger partial charge < -0.3 is 5.73 Å². The Bertz CT molecular complexity index is 627. The molecular weight excluding hydrogens is 250 g/mol. The standard InChI is InChI=1S/C12H13N3O2S/c13-11-5-3-4-10(8-11)9-18(16,17)15-12-6-1-2-7-14-12/h1-8H,9,13H2,(H,14,15). The number of nitrogens with zero attached hydrogens (tertiary/aromatic N) is 1. The van der Waals surface area contributed by atoms with Gasteiger partial charge in [-0.1, -0.05) is 18.2 Å². The van der Waals surface area contributed by atoms with E-state index >= 15 is 0 Å². The second-order valence-corrected chi connectivity index (χ2v) is 5.54. The van der Waals surface area contributed by atoms with Crippen LogP contribution < -0.4 is 10.5 Å². The first-order valence-electron chi connectivity index (χ1n) is 5.31. The van der Waals surface area contributed by atoms with Crippen LogP contribution in [-0.2, 0) is 15.8 Å². The molecule has 1 heterocycles. The van der Waals surface area contributed by atoms with Gasteiger partial charge in [-0.3, -0.25) is 4.72 Å². The number of nitrogens with two attached hydrogens (primary N) is 1. The Morgan fingerprint density at radius 3 is 2.67 bits per heavy atom. The largest absolute Gasteiger partial charge is 0.399 e. The maximum absolute atomic E-state index is 11.9. The van der Waals surface area contributed by atoms with Crippen molar-refractivity contribution in [3.05, 3.63) is 54.2 Å². The van der Waals surface area contributed by atoms with E-state index in [9.17, 15) is 8.42 Å². The van der Waals surface area contributed by atoms with Crippen molar-refractivity contribution in [3.8, 4) is 0 Å². The molecule has 1 aromatic carbocycles. The van der Waals surface area contributed by atoms with Crippen molar-refractivity contribution >= 4 is 21.5 Å². The van der Waals surface area contributed by atoms with Crippen molar-refractivity contribution < 1.29 is 8.42 Å². The third-order valence-electron chi connectivity index (χ3n) is 2.23. The summed E-state index contributed by atoms with van der Waals surface area (Å²) in [4.78, 5) is 3.91. The van der Waals surface area contributed by atoms with Crippen LogP contribution in [0.4, 0.5) is 11.5 Å². The normalized spacial score (nSPS) is 11.1. The maximum atomic E-state index is 11.9. The Morgan fingerprint density at radius 2 is 2.00 bits per heavy atom. The number of nitrogens with one attached hydrogen (secondary N) is 1. The van der Waals surface area contributed by atoms with Gasteiger partial charge in [0.25, 0.3) is 0 Å². The van der Waals surface area contributed by atoms with E-state index in [0.29, 0.717) is 17.1 Å². The van der Waals surface area contributed by atoms with E-state index in [1.54, 1.807) is 42.5 Å². The monoisotopic (exact) mass is 263 g/mol. The molecule has 0 bridgehead atoms. The van der Waals surface area contributed by atoms with Gasteiger partial charge in [0.15, 0.2) is 0 Å². The third kappa shape index (κ3) is 3.46. The van der Waals surface area contributed by atoms with Gasteiger partial charge in [0.05, 0.1) is 5.75 Å². The van der Waals surface area contributed by atoms with Crippen LogP contribution in [0.15, 0.2) is 48.7 Å². The number of pyridine rings is 1. The van der Waals surface area contributed by atoms with Crippen LogP contribution in [0.3, 0.4) is 0 Å². The van der Waals surface area contributed by atoms with Gasteiger partial charge in [0, 0.05) is 11.9 Å². The van der Waals surface area contributed by atoms with Gasteiger partial charge in [-0.05, 0) is 29.8 Å². The number of hydrogen-bond donors (Lipinski definition) is 2. The average molecular weight is 263 g/mol. The molecule has 18 heavy (non-hydrogen) atoms. The molecule has 6 heteroatoms. The first-order chi connectivity index (χ1) is 8.55. The van der Waals surface area contributed by atoms with Crippen molar-refractivity contribution in [2.24, 2.45) is 0 Å². The van der Waals surface area contributed by atoms with E-state index in [0.717, 1.165) is 0 Å². The number of hydrogen-bond acceptors (Lipinski definition) is 4. The van der Waals surface area contributed by atoms with E-state index in [2.05, 4.69) is 9.71 Å². The van der Waals surface area contributed by atoms with Gasteiger partial charge in [0.1, 0.15) is 5.82 Å². The van der Waals surface area contributed by atoms with Gasteiger partial charge in [-0.2, -0.15) is 0 Å². The second kappa shape index (κ2) is 5.05. The molecule has 0 saturated carbocycles. The van der Waals surface area contributed by atoms with Crippen molar-refractivity contribution in [1.82, 2.24) is 4.98 Å². The van der Waals surface area contributed by atoms with Gasteiger partial charge in [0.2, 0.25) is 10.0 Å². The van der Waals surface area contributed by atoms with Crippen LogP contribution in [0.2, 0.25) is 0 Å². The highest BCUT2D eigenvalue weighted by Gasteiger charge is 2.12. The van der Waals surface area contributed by atoms with E-state index in [4.69, 9.17) is 5.73 Å². The minimum Gasteiger partial charge on any atom is -0.399 e. The summed E-state index contributed by atoms with van der Waals surface area (Å²) in [5, 5.41) is 0. The predicted octanol–water partition coefficient (Wildman–Crippen LogP) is 1.61. The lowest BCUT2D eigenvalue weighted by Crippen LogP contribution is -2.15. The molecule has 0 radical (unpaired) electrons. The second-order valence-electron chi connectivity index (χ2n) is 3.82. The topological polar surface area (TPSA) is 85.1 Å². The van der Waals surface area contributed by atoms with E-state index in [1.165, 1.54) is 6.20 Å². The van der Waals surface area contributed by atoms with Crippen LogP contribution in [0.25, 0.3) is 0 Å². The third-order valence-corrected chi connectivity index (χ3v) is 3.47. The van der Waals surface area contributed by atoms with Crippen LogP contribution in [0, 0.1) is 0 Å². The summed E-state index contributed by atoms with van der Waals surface area (Å²) in [6.07, 6.45) is 1.53. The number of benzene rings is 1. The molecule has 0 aliphatic heterocycles. The van der Waals surface area contributed by atoms with E-state index in [1.807, 2.05) is 0 Å². The first kappa shape index (κ1) is 12.4. The number of aromatic nitrogens is 1. The molecule has 0 aliphatic rings. The summed E-state index contributed by atoms with van der Waals surface area (Å²) < 4.78 is 26.2. The molecule has 0 spiro atoms. The highest BCUT2D eigenvalue weighted by Crippen LogP contribution is 2.12. The lowest BCUT2D eigenvalue weighted by molar-refractivity contribution is 0.600. The molecule has 0 saturated heterocycles. The fraction of sp³-hybridized carbons (Fsp3) is 0.0833. The van der Waals surface area contributed by atoms with Gasteiger partial charge >= 0.3 is 0 Å². The molecular formula is C12H13N3O2S. The number of sulfonamides is 1. The smallest absolute Gasteiger partial charge is 0.238 e. The zero-order chi connectivity index (χ0) is 13.0. The van der Waals surface area contributed by atoms with Crippen molar-refractivity contribution in [2.75, 3.05) is 10.5 Å². The number of anilines is 2. The summed E-state index contributed by atoms with van der Waals surface area (Å²) in [5.74, 6) is 0.177. The summed E-state index contributed by atoms with van der Waals surface area (Å²) in [6, 6.07) is 11.8. The lowest BCUT2D eigenvalue weighted by atomic mass is 10.2. The van der Waals surface area contributed by atoms with E-state index < -0.39 is 10.0 Å². The Morgan fingerprint density at radius 1 is 1.17 bits per heavy atom. The van der Waals surface area contributed by atoms with Crippen LogP contribution in [0.1, 0.15) is 5.56 Å². The molecule has 0 amide bonds. The summed E-state index contributed by atoms with van der Waals surface area (Å²) >= 11 is 0. The quantitative estimate of drug-likeness (QED) is 0.821. The Balaban J connectivity index is 2.13. The Kier molecular flexibility index (Phi) is 3.47. The molecule has 5 nitrogen and oxygen atoms in total. The fourth-order valence-electron chi connectivity index (χ4n) is 1.52. The molecule has 3 N–H and O–H groups in total. The molecule has 2 aromatic rings. The zero-order valence-corrected chi connectivity index (χ0v) is 10.4. The lowest BCUT2D eigenvalue weighted by Gasteiger charge is -2.07. The van der Waals surface area contributed by atoms with Crippen molar-refractivity contribution in [3.63, 3.8) is 0 Å². The van der Waals surface area contributed by atoms with Gasteiger partial charge in [-0.15, -0.1) is 0 Å². The minimum absolute atomic E-state index is 0.130. The van der Waals surface area contributed by atoms with Crippen LogP contribution in [0.5, 0.6) is 0 Å². The Hall–Kier alpha value is -2.08. The molecule has 0 fully saturated rings. The first-order valence-corrected chi connectivity index (χ1v) is 6.96. The SMILES string of the molecule is Nc1cccc(CS(=O)(=O)Nc2ccccn2)c1. The van der Waals surface area contributed by atoms with E-state index in [-0.39, 0.29) is 5.75 Å². The average Bonchev–Trinajstić information content (AvgIpc) is 2.28. The Labute approximate surface area is 106 Å². The van der Waals surface area contributed by atoms with Crippen LogP contribution >= 0.6 is 0 Å². The summed E-state index contributed by atoms with van der Waals surface area (Å²) in [6.45, 7) is 0. The zero-order valence-electron chi connectivity index (χ0n) is 9.58. The summed E-state index contributed by atoms with van der Waals surface area (Å²) in [5.41, 5.74) is 6.78. The molecule has 2 rings (SSSR count). The number of rotatable bonds is 4. The van der Waals surface area contributed by atoms with Crippen molar-refractivity contribution in [2.45, 2.75) is 5.75 Å². The highest BCUT2D eigenvalue weighted by molar-refractivity contribution is 7.91.